The zero-order valence-corrected chi connectivity index (χ0v) is 18.4. The number of esters is 2. The maximum atomic E-state index is 13.0. The van der Waals surface area contributed by atoms with Gasteiger partial charge in [0, 0.05) is 17.6 Å². The molecule has 0 unspecified atom stereocenters. The van der Waals surface area contributed by atoms with Crippen LogP contribution in [-0.2, 0) is 20.4 Å². The summed E-state index contributed by atoms with van der Waals surface area (Å²) >= 11 is 0. The molecule has 8 nitrogen and oxygen atoms in total. The number of ether oxygens (including phenoxy) is 2. The van der Waals surface area contributed by atoms with E-state index in [2.05, 4.69) is 15.6 Å². The van der Waals surface area contributed by atoms with E-state index < -0.39 is 36.2 Å². The summed E-state index contributed by atoms with van der Waals surface area (Å²) in [6, 6.07) is 13.1. The first-order valence-electron chi connectivity index (χ1n) is 10.3. The smallest absolute Gasteiger partial charge is 0.416 e. The molecule has 11 heteroatoms. The molecule has 0 bridgehead atoms. The Morgan fingerprint density at radius 2 is 1.66 bits per heavy atom. The monoisotopic (exact) mass is 487 g/mol. The predicted molar refractivity (Wildman–Crippen MR) is 120 cm³/mol. The zero-order valence-electron chi connectivity index (χ0n) is 18.4. The molecule has 35 heavy (non-hydrogen) atoms. The van der Waals surface area contributed by atoms with E-state index in [-0.39, 0.29) is 23.7 Å². The van der Waals surface area contributed by atoms with Crippen LogP contribution in [0.4, 0.5) is 30.4 Å². The molecule has 0 aliphatic rings. The van der Waals surface area contributed by atoms with Crippen molar-refractivity contribution in [2.75, 3.05) is 23.8 Å². The molecule has 0 saturated carbocycles. The average Bonchev–Trinajstić information content (AvgIpc) is 2.83. The first-order valence-corrected chi connectivity index (χ1v) is 10.3. The van der Waals surface area contributed by atoms with Crippen LogP contribution in [0.15, 0.2) is 66.9 Å². The molecule has 1 amide bonds. The maximum Gasteiger partial charge on any atom is 0.416 e. The number of hydrogen-bond acceptors (Lipinski definition) is 7. The van der Waals surface area contributed by atoms with Gasteiger partial charge in [0.25, 0.3) is 5.91 Å². The number of nitrogens with zero attached hydrogens (tertiary/aromatic N) is 1. The highest BCUT2D eigenvalue weighted by atomic mass is 19.4. The van der Waals surface area contributed by atoms with E-state index in [0.717, 1.165) is 12.1 Å². The Balaban J connectivity index is 1.61. The fourth-order valence-corrected chi connectivity index (χ4v) is 2.89. The molecule has 3 rings (SSSR count). The molecule has 2 aromatic carbocycles. The quantitative estimate of drug-likeness (QED) is 0.439. The van der Waals surface area contributed by atoms with Gasteiger partial charge in [-0.05, 0) is 61.5 Å². The van der Waals surface area contributed by atoms with Gasteiger partial charge in [-0.25, -0.2) is 14.6 Å². The van der Waals surface area contributed by atoms with Gasteiger partial charge in [0.05, 0.1) is 17.7 Å². The van der Waals surface area contributed by atoms with Crippen molar-refractivity contribution in [1.29, 1.82) is 0 Å². The molecule has 0 fully saturated rings. The number of alkyl halides is 3. The van der Waals surface area contributed by atoms with Crippen molar-refractivity contribution >= 4 is 35.0 Å². The number of amides is 1. The summed E-state index contributed by atoms with van der Waals surface area (Å²) in [5.41, 5.74) is -0.191. The molecule has 0 aliphatic carbocycles. The van der Waals surface area contributed by atoms with Gasteiger partial charge in [0.1, 0.15) is 11.4 Å². The second-order valence-electron chi connectivity index (χ2n) is 7.03. The van der Waals surface area contributed by atoms with Gasteiger partial charge in [0.2, 0.25) is 0 Å². The van der Waals surface area contributed by atoms with Crippen molar-refractivity contribution < 1.29 is 37.0 Å². The Bertz CT molecular complexity index is 1210. The largest absolute Gasteiger partial charge is 0.462 e. The van der Waals surface area contributed by atoms with Gasteiger partial charge in [-0.1, -0.05) is 6.07 Å². The van der Waals surface area contributed by atoms with Gasteiger partial charge in [-0.15, -0.1) is 0 Å². The Hall–Kier alpha value is -4.41. The van der Waals surface area contributed by atoms with Gasteiger partial charge >= 0.3 is 18.1 Å². The number of benzene rings is 2. The van der Waals surface area contributed by atoms with E-state index >= 15 is 0 Å². The number of hydrogen-bond donors (Lipinski definition) is 2. The van der Waals surface area contributed by atoms with Crippen LogP contribution >= 0.6 is 0 Å². The summed E-state index contributed by atoms with van der Waals surface area (Å²) in [5.74, 6) is -2.07. The minimum absolute atomic E-state index is 0.0354. The van der Waals surface area contributed by atoms with Crippen LogP contribution in [0.3, 0.4) is 0 Å². The summed E-state index contributed by atoms with van der Waals surface area (Å²) in [6.07, 6.45) is -3.19. The van der Waals surface area contributed by atoms with Crippen LogP contribution in [0.1, 0.15) is 33.2 Å². The summed E-state index contributed by atoms with van der Waals surface area (Å²) in [4.78, 5) is 40.3. The highest BCUT2D eigenvalue weighted by molar-refractivity contribution is 5.98. The number of aromatic nitrogens is 1. The lowest BCUT2D eigenvalue weighted by Crippen LogP contribution is -2.21. The fraction of sp³-hybridized carbons (Fsp3) is 0.167. The molecule has 182 valence electrons. The fourth-order valence-electron chi connectivity index (χ4n) is 2.89. The van der Waals surface area contributed by atoms with E-state index in [0.29, 0.717) is 11.3 Å². The molecule has 0 aliphatic heterocycles. The SMILES string of the molecule is CCOC(=O)c1ccc(NC(=O)COC(=O)c2cccnc2Nc2cccc(C(F)(F)F)c2)cc1. The van der Waals surface area contributed by atoms with Crippen molar-refractivity contribution in [3.05, 3.63) is 83.6 Å². The molecular formula is C24H20F3N3O5. The minimum atomic E-state index is -4.53. The third kappa shape index (κ3) is 7.03. The molecule has 0 spiro atoms. The number of pyridine rings is 1. The molecular weight excluding hydrogens is 467 g/mol. The number of nitrogens with one attached hydrogen (secondary N) is 2. The van der Waals surface area contributed by atoms with Crippen molar-refractivity contribution in [3.63, 3.8) is 0 Å². The minimum Gasteiger partial charge on any atom is -0.462 e. The van der Waals surface area contributed by atoms with Crippen LogP contribution in [0.5, 0.6) is 0 Å². The Morgan fingerprint density at radius 3 is 2.34 bits per heavy atom. The normalized spacial score (nSPS) is 10.9. The molecule has 0 atom stereocenters. The molecule has 0 saturated heterocycles. The zero-order chi connectivity index (χ0) is 25.4. The number of halogens is 3. The molecule has 1 aromatic heterocycles. The maximum absolute atomic E-state index is 13.0. The van der Waals surface area contributed by atoms with E-state index in [1.165, 1.54) is 54.7 Å². The first kappa shape index (κ1) is 25.2. The van der Waals surface area contributed by atoms with Crippen molar-refractivity contribution in [2.45, 2.75) is 13.1 Å². The topological polar surface area (TPSA) is 107 Å². The number of anilines is 3. The van der Waals surface area contributed by atoms with Crippen LogP contribution in [0.25, 0.3) is 0 Å². The predicted octanol–water partition coefficient (Wildman–Crippen LogP) is 4.82. The van der Waals surface area contributed by atoms with Crippen molar-refractivity contribution in [1.82, 2.24) is 4.98 Å². The van der Waals surface area contributed by atoms with Crippen molar-refractivity contribution in [2.24, 2.45) is 0 Å². The Morgan fingerprint density at radius 1 is 0.914 bits per heavy atom. The number of rotatable bonds is 8. The van der Waals surface area contributed by atoms with E-state index in [9.17, 15) is 27.6 Å². The third-order valence-corrected chi connectivity index (χ3v) is 4.49. The number of carbonyl (C=O) groups is 3. The highest BCUT2D eigenvalue weighted by Crippen LogP contribution is 2.31. The number of carbonyl (C=O) groups excluding carboxylic acids is 3. The summed E-state index contributed by atoms with van der Waals surface area (Å²) < 4.78 is 48.8. The standard InChI is InChI=1S/C24H20F3N3O5/c1-2-34-22(32)15-8-10-17(11-9-15)29-20(31)14-35-23(33)19-7-4-12-28-21(19)30-18-6-3-5-16(13-18)24(25,26)27/h3-13H,2,14H2,1H3,(H,28,30)(H,29,31). The third-order valence-electron chi connectivity index (χ3n) is 4.49. The lowest BCUT2D eigenvalue weighted by atomic mass is 10.2. The van der Waals surface area contributed by atoms with Crippen LogP contribution in [0, 0.1) is 0 Å². The van der Waals surface area contributed by atoms with Crippen LogP contribution in [0.2, 0.25) is 0 Å². The van der Waals surface area contributed by atoms with E-state index in [4.69, 9.17) is 9.47 Å². The van der Waals surface area contributed by atoms with E-state index in [1.54, 1.807) is 6.92 Å². The Labute approximate surface area is 198 Å². The molecule has 2 N–H and O–H groups in total. The lowest BCUT2D eigenvalue weighted by Gasteiger charge is -2.13. The van der Waals surface area contributed by atoms with E-state index in [1.807, 2.05) is 0 Å². The van der Waals surface area contributed by atoms with Crippen molar-refractivity contribution in [3.8, 4) is 0 Å². The average molecular weight is 487 g/mol. The second kappa shape index (κ2) is 11.1. The molecule has 1 heterocycles. The van der Waals surface area contributed by atoms with Gasteiger partial charge in [-0.3, -0.25) is 4.79 Å². The second-order valence-corrected chi connectivity index (χ2v) is 7.03. The van der Waals surface area contributed by atoms with Crippen LogP contribution in [-0.4, -0.2) is 36.0 Å². The first-order chi connectivity index (χ1) is 16.7. The molecule has 3 aromatic rings. The summed E-state index contributed by atoms with van der Waals surface area (Å²) in [6.45, 7) is 1.29. The van der Waals surface area contributed by atoms with Gasteiger partial charge in [0.15, 0.2) is 6.61 Å². The highest BCUT2D eigenvalue weighted by Gasteiger charge is 2.30. The van der Waals surface area contributed by atoms with Crippen LogP contribution < -0.4 is 10.6 Å². The van der Waals surface area contributed by atoms with Gasteiger partial charge in [-0.2, -0.15) is 13.2 Å². The lowest BCUT2D eigenvalue weighted by molar-refractivity contribution is -0.137. The van der Waals surface area contributed by atoms with Gasteiger partial charge < -0.3 is 20.1 Å². The summed E-state index contributed by atoms with van der Waals surface area (Å²) in [5, 5.41) is 5.18. The Kier molecular flexibility index (Phi) is 8.03. The summed E-state index contributed by atoms with van der Waals surface area (Å²) in [7, 11) is 0. The molecule has 0 radical (unpaired) electrons.